The number of nitrogens with one attached hydrogen (secondary N) is 1. The lowest BCUT2D eigenvalue weighted by atomic mass is 10.3. The first-order valence-corrected chi connectivity index (χ1v) is 5.40. The Hall–Kier alpha value is -0.870. The van der Waals surface area contributed by atoms with Gasteiger partial charge in [-0.2, -0.15) is 0 Å². The number of aliphatic hydroxyl groups excluding tert-OH is 1. The van der Waals surface area contributed by atoms with Crippen molar-refractivity contribution in [1.82, 2.24) is 14.9 Å². The van der Waals surface area contributed by atoms with Gasteiger partial charge in [-0.3, -0.25) is 0 Å². The number of aryl methyl sites for hydroxylation is 1. The maximum absolute atomic E-state index is 9.14. The topological polar surface area (TPSA) is 50.1 Å². The molecule has 15 heavy (non-hydrogen) atoms. The average Bonchev–Trinajstić information content (AvgIpc) is 2.47. The highest BCUT2D eigenvalue weighted by Crippen LogP contribution is 2.04. The van der Waals surface area contributed by atoms with E-state index in [1.54, 1.807) is 6.92 Å². The van der Waals surface area contributed by atoms with E-state index < -0.39 is 0 Å². The Kier molecular flexibility index (Phi) is 4.29. The van der Waals surface area contributed by atoms with Crippen LogP contribution in [0.2, 0.25) is 0 Å². The average molecular weight is 211 g/mol. The van der Waals surface area contributed by atoms with Crippen LogP contribution in [0.3, 0.4) is 0 Å². The van der Waals surface area contributed by atoms with Crippen LogP contribution in [0.25, 0.3) is 0 Å². The summed E-state index contributed by atoms with van der Waals surface area (Å²) in [4.78, 5) is 4.25. The number of nitrogens with zero attached hydrogens (tertiary/aromatic N) is 2. The van der Waals surface area contributed by atoms with Crippen molar-refractivity contribution in [3.63, 3.8) is 0 Å². The standard InChI is InChI=1S/C11H21N3O/c1-8(12-5-9(2)15)6-14-7-13-10(3)11(14)4/h7-9,12,15H,5-6H2,1-4H3. The molecule has 0 saturated heterocycles. The van der Waals surface area contributed by atoms with Gasteiger partial charge < -0.3 is 15.0 Å². The Labute approximate surface area is 91.3 Å². The van der Waals surface area contributed by atoms with Crippen molar-refractivity contribution in [3.8, 4) is 0 Å². The molecule has 0 saturated carbocycles. The molecule has 2 atom stereocenters. The van der Waals surface area contributed by atoms with E-state index in [4.69, 9.17) is 5.11 Å². The first-order chi connectivity index (χ1) is 7.00. The van der Waals surface area contributed by atoms with Crippen LogP contribution in [0.1, 0.15) is 25.2 Å². The van der Waals surface area contributed by atoms with E-state index in [0.717, 1.165) is 12.2 Å². The van der Waals surface area contributed by atoms with E-state index in [2.05, 4.69) is 28.7 Å². The van der Waals surface area contributed by atoms with E-state index in [0.29, 0.717) is 12.6 Å². The van der Waals surface area contributed by atoms with Crippen LogP contribution in [0, 0.1) is 13.8 Å². The van der Waals surface area contributed by atoms with Crippen LogP contribution in [-0.4, -0.2) is 33.3 Å². The first-order valence-electron chi connectivity index (χ1n) is 5.40. The lowest BCUT2D eigenvalue weighted by Gasteiger charge is -2.16. The van der Waals surface area contributed by atoms with Gasteiger partial charge in [0.1, 0.15) is 0 Å². The second kappa shape index (κ2) is 5.28. The van der Waals surface area contributed by atoms with Crippen LogP contribution in [0.5, 0.6) is 0 Å². The molecule has 2 unspecified atom stereocenters. The highest BCUT2D eigenvalue weighted by molar-refractivity contribution is 5.08. The Morgan fingerprint density at radius 2 is 2.13 bits per heavy atom. The fourth-order valence-electron chi connectivity index (χ4n) is 1.46. The summed E-state index contributed by atoms with van der Waals surface area (Å²) in [7, 11) is 0. The molecule has 0 aliphatic rings. The molecule has 1 heterocycles. The first kappa shape index (κ1) is 12.2. The van der Waals surface area contributed by atoms with Crippen molar-refractivity contribution in [2.24, 2.45) is 0 Å². The summed E-state index contributed by atoms with van der Waals surface area (Å²) in [6.07, 6.45) is 1.57. The lowest BCUT2D eigenvalue weighted by molar-refractivity contribution is 0.185. The zero-order valence-electron chi connectivity index (χ0n) is 9.99. The maximum atomic E-state index is 9.14. The molecule has 0 spiro atoms. The highest BCUT2D eigenvalue weighted by atomic mass is 16.3. The minimum Gasteiger partial charge on any atom is -0.392 e. The van der Waals surface area contributed by atoms with Gasteiger partial charge in [-0.15, -0.1) is 0 Å². The number of rotatable bonds is 5. The van der Waals surface area contributed by atoms with Crippen molar-refractivity contribution < 1.29 is 5.11 Å². The lowest BCUT2D eigenvalue weighted by Crippen LogP contribution is -2.35. The minimum atomic E-state index is -0.293. The predicted molar refractivity (Wildman–Crippen MR) is 60.8 cm³/mol. The Balaban J connectivity index is 2.44. The Bertz CT molecular complexity index is 307. The SMILES string of the molecule is Cc1ncn(CC(C)NCC(C)O)c1C. The summed E-state index contributed by atoms with van der Waals surface area (Å²) in [5.74, 6) is 0. The van der Waals surface area contributed by atoms with Gasteiger partial charge in [-0.05, 0) is 27.7 Å². The van der Waals surface area contributed by atoms with Gasteiger partial charge in [-0.25, -0.2) is 4.98 Å². The molecule has 4 nitrogen and oxygen atoms in total. The normalized spacial score (nSPS) is 15.3. The van der Waals surface area contributed by atoms with Crippen LogP contribution in [0.15, 0.2) is 6.33 Å². The van der Waals surface area contributed by atoms with Crippen molar-refractivity contribution in [2.75, 3.05) is 6.54 Å². The monoisotopic (exact) mass is 211 g/mol. The van der Waals surface area contributed by atoms with E-state index in [1.165, 1.54) is 5.69 Å². The summed E-state index contributed by atoms with van der Waals surface area (Å²) in [5.41, 5.74) is 2.29. The molecule has 0 aromatic carbocycles. The largest absolute Gasteiger partial charge is 0.392 e. The fourth-order valence-corrected chi connectivity index (χ4v) is 1.46. The maximum Gasteiger partial charge on any atom is 0.0951 e. The van der Waals surface area contributed by atoms with Crippen LogP contribution in [0.4, 0.5) is 0 Å². The molecule has 1 rings (SSSR count). The predicted octanol–water partition coefficient (Wildman–Crippen LogP) is 0.859. The van der Waals surface area contributed by atoms with Crippen molar-refractivity contribution >= 4 is 0 Å². The minimum absolute atomic E-state index is 0.293. The number of hydrogen-bond donors (Lipinski definition) is 2. The second-order valence-corrected chi connectivity index (χ2v) is 4.23. The molecule has 0 fully saturated rings. The summed E-state index contributed by atoms with van der Waals surface area (Å²) >= 11 is 0. The van der Waals surface area contributed by atoms with Gasteiger partial charge in [0.05, 0.1) is 18.1 Å². The van der Waals surface area contributed by atoms with Crippen LogP contribution < -0.4 is 5.32 Å². The molecule has 4 heteroatoms. The summed E-state index contributed by atoms with van der Waals surface area (Å²) < 4.78 is 2.13. The third kappa shape index (κ3) is 3.64. The zero-order valence-corrected chi connectivity index (χ0v) is 9.99. The van der Waals surface area contributed by atoms with E-state index in [1.807, 2.05) is 13.3 Å². The van der Waals surface area contributed by atoms with Crippen LogP contribution >= 0.6 is 0 Å². The van der Waals surface area contributed by atoms with Gasteiger partial charge in [0.2, 0.25) is 0 Å². The van der Waals surface area contributed by atoms with E-state index in [9.17, 15) is 0 Å². The molecule has 0 amide bonds. The van der Waals surface area contributed by atoms with E-state index >= 15 is 0 Å². The van der Waals surface area contributed by atoms with Gasteiger partial charge in [0.25, 0.3) is 0 Å². The summed E-state index contributed by atoms with van der Waals surface area (Å²) in [6.45, 7) is 9.50. The summed E-state index contributed by atoms with van der Waals surface area (Å²) in [6, 6.07) is 0.340. The molecule has 0 radical (unpaired) electrons. The quantitative estimate of drug-likeness (QED) is 0.759. The molecule has 86 valence electrons. The van der Waals surface area contributed by atoms with Gasteiger partial charge in [0, 0.05) is 24.8 Å². The van der Waals surface area contributed by atoms with Gasteiger partial charge in [0.15, 0.2) is 0 Å². The van der Waals surface area contributed by atoms with Crippen molar-refractivity contribution in [3.05, 3.63) is 17.7 Å². The number of aromatic nitrogens is 2. The van der Waals surface area contributed by atoms with E-state index in [-0.39, 0.29) is 6.10 Å². The third-order valence-electron chi connectivity index (χ3n) is 2.58. The molecule has 1 aromatic rings. The molecule has 0 bridgehead atoms. The van der Waals surface area contributed by atoms with Gasteiger partial charge in [-0.1, -0.05) is 0 Å². The van der Waals surface area contributed by atoms with Gasteiger partial charge >= 0.3 is 0 Å². The Morgan fingerprint density at radius 3 is 2.60 bits per heavy atom. The summed E-state index contributed by atoms with van der Waals surface area (Å²) in [5, 5.41) is 12.4. The zero-order chi connectivity index (χ0) is 11.4. The number of aliphatic hydroxyl groups is 1. The fraction of sp³-hybridized carbons (Fsp3) is 0.727. The van der Waals surface area contributed by atoms with Crippen molar-refractivity contribution in [2.45, 2.75) is 46.4 Å². The molecule has 1 aromatic heterocycles. The molecule has 0 aliphatic carbocycles. The molecular weight excluding hydrogens is 190 g/mol. The number of imidazole rings is 1. The Morgan fingerprint density at radius 1 is 1.47 bits per heavy atom. The second-order valence-electron chi connectivity index (χ2n) is 4.23. The molecule has 2 N–H and O–H groups in total. The highest BCUT2D eigenvalue weighted by Gasteiger charge is 2.07. The van der Waals surface area contributed by atoms with Crippen molar-refractivity contribution in [1.29, 1.82) is 0 Å². The van der Waals surface area contributed by atoms with Crippen LogP contribution in [-0.2, 0) is 6.54 Å². The molecule has 0 aliphatic heterocycles. The smallest absolute Gasteiger partial charge is 0.0951 e. The third-order valence-corrected chi connectivity index (χ3v) is 2.58. The molecular formula is C11H21N3O. The number of hydrogen-bond acceptors (Lipinski definition) is 3.